The van der Waals surface area contributed by atoms with E-state index in [0.717, 1.165) is 37.2 Å². The molecule has 8 nitrogen and oxygen atoms in total. The molecule has 0 fully saturated rings. The monoisotopic (exact) mass is 845 g/mol. The van der Waals surface area contributed by atoms with E-state index in [0.29, 0.717) is 24.3 Å². The average molecular weight is 845 g/mol. The number of benzene rings is 2. The van der Waals surface area contributed by atoms with Crippen LogP contribution in [0.25, 0.3) is 0 Å². The van der Waals surface area contributed by atoms with E-state index in [1.165, 1.54) is 89.1 Å². The standard InChI is InChI=1S/C44H80N2O6Si4/c1-53(2,3)51-55(7,8)37-25-21-17-13-11-15-19-23-35-49-41-31-27-39(28-32-41)43(47)45-46-44(48)40-29-33-42(34-30-40)50-36-24-20-16-12-14-18-22-26-38-56(9,10)52-54(4,5)6/h27-34H,11-26,35-38H2,1-10H3,(H,45,47)(H,46,48). The molecule has 318 valence electrons. The van der Waals surface area contributed by atoms with Gasteiger partial charge in [-0.2, -0.15) is 0 Å². The number of carbonyl (C=O) groups is 2. The Morgan fingerprint density at radius 3 is 0.964 bits per heavy atom. The van der Waals surface area contributed by atoms with E-state index in [-0.39, 0.29) is 11.8 Å². The molecule has 0 aliphatic rings. The zero-order chi connectivity index (χ0) is 41.5. The lowest BCUT2D eigenvalue weighted by molar-refractivity contribution is 0.0846. The van der Waals surface area contributed by atoms with Crippen molar-refractivity contribution >= 4 is 45.1 Å². The molecule has 2 aromatic carbocycles. The van der Waals surface area contributed by atoms with Crippen molar-refractivity contribution < 1.29 is 27.3 Å². The molecule has 0 aliphatic heterocycles. The Bertz CT molecular complexity index is 1270. The van der Waals surface area contributed by atoms with E-state index >= 15 is 0 Å². The van der Waals surface area contributed by atoms with Crippen LogP contribution in [-0.2, 0) is 8.23 Å². The lowest BCUT2D eigenvalue weighted by atomic mass is 10.1. The number of amides is 2. The van der Waals surface area contributed by atoms with Crippen molar-refractivity contribution in [1.29, 1.82) is 0 Å². The third kappa shape index (κ3) is 25.2. The van der Waals surface area contributed by atoms with Gasteiger partial charge in [-0.15, -0.1) is 0 Å². The predicted octanol–water partition coefficient (Wildman–Crippen LogP) is 12.9. The van der Waals surface area contributed by atoms with Gasteiger partial charge in [-0.05, 0) is 139 Å². The minimum absolute atomic E-state index is 0.385. The highest BCUT2D eigenvalue weighted by Crippen LogP contribution is 2.23. The quantitative estimate of drug-likeness (QED) is 0.0462. The van der Waals surface area contributed by atoms with Crippen LogP contribution < -0.4 is 20.3 Å². The van der Waals surface area contributed by atoms with E-state index in [4.69, 9.17) is 17.7 Å². The SMILES string of the molecule is C[Si](C)(C)O[Si](C)(C)CCCCCCCCCCOc1ccc(C(=O)NNC(=O)c2ccc(OCCCCCCCCCC[Si](C)(C)O[Si](C)(C)C)cc2)cc1. The summed E-state index contributed by atoms with van der Waals surface area (Å²) < 4.78 is 24.7. The highest BCUT2D eigenvalue weighted by molar-refractivity contribution is 6.84. The van der Waals surface area contributed by atoms with Crippen LogP contribution in [0.15, 0.2) is 48.5 Å². The number of hydrogen-bond donors (Lipinski definition) is 2. The number of carbonyl (C=O) groups excluding carboxylic acids is 2. The van der Waals surface area contributed by atoms with Gasteiger partial charge in [-0.3, -0.25) is 20.4 Å². The molecule has 0 aromatic heterocycles. The molecule has 0 bridgehead atoms. The van der Waals surface area contributed by atoms with Gasteiger partial charge in [0.05, 0.1) is 13.2 Å². The summed E-state index contributed by atoms with van der Waals surface area (Å²) in [6, 6.07) is 16.6. The van der Waals surface area contributed by atoms with Crippen molar-refractivity contribution in [3.63, 3.8) is 0 Å². The molecule has 0 atom stereocenters. The van der Waals surface area contributed by atoms with Gasteiger partial charge in [0.1, 0.15) is 11.5 Å². The summed E-state index contributed by atoms with van der Waals surface area (Å²) >= 11 is 0. The highest BCUT2D eigenvalue weighted by atomic mass is 28.4. The molecule has 0 saturated heterocycles. The van der Waals surface area contributed by atoms with Crippen LogP contribution in [0.1, 0.15) is 123 Å². The van der Waals surface area contributed by atoms with E-state index in [1.54, 1.807) is 48.5 Å². The second-order valence-corrected chi connectivity index (χ2v) is 36.9. The number of hydrazine groups is 1. The van der Waals surface area contributed by atoms with Crippen molar-refractivity contribution in [2.75, 3.05) is 13.2 Å². The van der Waals surface area contributed by atoms with E-state index in [2.05, 4.69) is 76.3 Å². The van der Waals surface area contributed by atoms with E-state index in [1.807, 2.05) is 0 Å². The molecule has 0 saturated carbocycles. The molecule has 0 radical (unpaired) electrons. The Morgan fingerprint density at radius 2 is 0.679 bits per heavy atom. The second kappa shape index (κ2) is 26.0. The first-order valence-corrected chi connectivity index (χ1v) is 34.9. The fraction of sp³-hybridized carbons (Fsp3) is 0.682. The maximum atomic E-state index is 12.6. The average Bonchev–Trinajstić information content (AvgIpc) is 3.10. The lowest BCUT2D eigenvalue weighted by Gasteiger charge is -2.31. The maximum Gasteiger partial charge on any atom is 0.269 e. The van der Waals surface area contributed by atoms with Crippen molar-refractivity contribution in [3.05, 3.63) is 59.7 Å². The third-order valence-corrected chi connectivity index (χ3v) is 22.0. The Hall–Kier alpha value is -2.23. The Morgan fingerprint density at radius 1 is 0.411 bits per heavy atom. The van der Waals surface area contributed by atoms with Gasteiger partial charge in [0.2, 0.25) is 0 Å². The Balaban J connectivity index is 1.49. The smallest absolute Gasteiger partial charge is 0.269 e. The van der Waals surface area contributed by atoms with Gasteiger partial charge in [0.15, 0.2) is 33.3 Å². The van der Waals surface area contributed by atoms with Gasteiger partial charge < -0.3 is 17.7 Å². The number of ether oxygens (including phenoxy) is 2. The molecule has 0 heterocycles. The van der Waals surface area contributed by atoms with Crippen LogP contribution in [0.3, 0.4) is 0 Å². The molecule has 2 amide bonds. The molecule has 12 heteroatoms. The lowest BCUT2D eigenvalue weighted by Crippen LogP contribution is -2.42. The third-order valence-electron chi connectivity index (χ3n) is 9.57. The van der Waals surface area contributed by atoms with Gasteiger partial charge in [0, 0.05) is 11.1 Å². The normalized spacial score (nSPS) is 12.4. The fourth-order valence-corrected chi connectivity index (χ4v) is 23.5. The highest BCUT2D eigenvalue weighted by Gasteiger charge is 2.29. The maximum absolute atomic E-state index is 12.6. The van der Waals surface area contributed by atoms with E-state index in [9.17, 15) is 9.59 Å². The predicted molar refractivity (Wildman–Crippen MR) is 246 cm³/mol. The first kappa shape index (κ1) is 49.9. The van der Waals surface area contributed by atoms with Crippen LogP contribution in [0.4, 0.5) is 0 Å². The molecule has 2 rings (SSSR count). The summed E-state index contributed by atoms with van der Waals surface area (Å²) in [5.41, 5.74) is 5.90. The second-order valence-electron chi connectivity index (χ2n) is 18.8. The minimum Gasteiger partial charge on any atom is -0.494 e. The largest absolute Gasteiger partial charge is 0.494 e. The van der Waals surface area contributed by atoms with Crippen LogP contribution in [0.5, 0.6) is 11.5 Å². The fourth-order valence-electron chi connectivity index (χ4n) is 7.23. The van der Waals surface area contributed by atoms with Crippen LogP contribution in [0, 0.1) is 0 Å². The molecular weight excluding hydrogens is 765 g/mol. The zero-order valence-corrected chi connectivity index (χ0v) is 41.2. The van der Waals surface area contributed by atoms with Gasteiger partial charge in [-0.1, -0.05) is 89.9 Å². The van der Waals surface area contributed by atoms with Crippen molar-refractivity contribution in [2.24, 2.45) is 0 Å². The van der Waals surface area contributed by atoms with Crippen LogP contribution >= 0.6 is 0 Å². The van der Waals surface area contributed by atoms with Crippen molar-refractivity contribution in [3.8, 4) is 11.5 Å². The van der Waals surface area contributed by atoms with E-state index < -0.39 is 33.3 Å². The van der Waals surface area contributed by atoms with Crippen LogP contribution in [0.2, 0.25) is 77.6 Å². The number of unbranched alkanes of at least 4 members (excludes halogenated alkanes) is 14. The molecular formula is C44H80N2O6Si4. The molecule has 0 spiro atoms. The Kier molecular flexibility index (Phi) is 23.2. The Labute approximate surface area is 346 Å². The summed E-state index contributed by atoms with van der Waals surface area (Å²) in [5.74, 6) is 0.708. The number of rotatable bonds is 30. The van der Waals surface area contributed by atoms with Crippen LogP contribution in [-0.4, -0.2) is 58.3 Å². The molecule has 56 heavy (non-hydrogen) atoms. The minimum atomic E-state index is -1.49. The summed E-state index contributed by atoms with van der Waals surface area (Å²) in [4.78, 5) is 25.3. The first-order chi connectivity index (χ1) is 26.3. The molecule has 2 N–H and O–H groups in total. The molecule has 2 aromatic rings. The van der Waals surface area contributed by atoms with Gasteiger partial charge in [-0.25, -0.2) is 0 Å². The number of nitrogens with one attached hydrogen (secondary N) is 2. The summed E-state index contributed by atoms with van der Waals surface area (Å²) in [7, 11) is -5.84. The number of hydrogen-bond acceptors (Lipinski definition) is 6. The van der Waals surface area contributed by atoms with Gasteiger partial charge in [0.25, 0.3) is 11.8 Å². The first-order valence-electron chi connectivity index (χ1n) is 21.8. The van der Waals surface area contributed by atoms with Crippen molar-refractivity contribution in [1.82, 2.24) is 10.9 Å². The topological polar surface area (TPSA) is 95.1 Å². The van der Waals surface area contributed by atoms with Crippen molar-refractivity contribution in [2.45, 2.75) is 180 Å². The summed E-state index contributed by atoms with van der Waals surface area (Å²) in [6.45, 7) is 24.6. The summed E-state index contributed by atoms with van der Waals surface area (Å²) in [5, 5.41) is 0. The summed E-state index contributed by atoms with van der Waals surface area (Å²) in [6.07, 6.45) is 19.9. The molecule has 0 aliphatic carbocycles. The zero-order valence-electron chi connectivity index (χ0n) is 37.2. The molecule has 0 unspecified atom stereocenters. The van der Waals surface area contributed by atoms with Gasteiger partial charge >= 0.3 is 0 Å².